The maximum atomic E-state index is 14.0. The number of aromatic amines is 1. The first kappa shape index (κ1) is 26.7. The number of carbonyl (C=O) groups excluding carboxylic acids is 3. The van der Waals surface area contributed by atoms with Gasteiger partial charge in [0.2, 0.25) is 17.7 Å². The van der Waals surface area contributed by atoms with Crippen molar-refractivity contribution in [2.75, 3.05) is 45.1 Å². The van der Waals surface area contributed by atoms with Gasteiger partial charge in [0.25, 0.3) is 0 Å². The molecule has 2 aliphatic rings. The minimum atomic E-state index is -0.783. The number of likely N-dealkylation sites (N-methyl/N-ethyl adjacent to an activating group) is 1. The summed E-state index contributed by atoms with van der Waals surface area (Å²) in [4.78, 5) is 44.1. The predicted octanol–water partition coefficient (Wildman–Crippen LogP) is 1.66. The fraction of sp³-hybridized carbons (Fsp3) is 0.414. The number of nitrogens with zero attached hydrogens (tertiary/aromatic N) is 2. The second-order valence-corrected chi connectivity index (χ2v) is 10.8. The first-order chi connectivity index (χ1) is 18.8. The summed E-state index contributed by atoms with van der Waals surface area (Å²) in [5.41, 5.74) is 4.46. The van der Waals surface area contributed by atoms with Gasteiger partial charge in [-0.15, -0.1) is 0 Å². The number of aromatic nitrogens is 1. The number of H-pyrrole nitrogens is 1. The summed E-state index contributed by atoms with van der Waals surface area (Å²) >= 11 is 0. The van der Waals surface area contributed by atoms with E-state index in [2.05, 4.69) is 39.1 Å². The van der Waals surface area contributed by atoms with E-state index in [1.165, 1.54) is 16.3 Å². The maximum absolute atomic E-state index is 14.0. The normalized spacial score (nSPS) is 17.5. The molecule has 10 heteroatoms. The molecule has 1 fully saturated rings. The van der Waals surface area contributed by atoms with E-state index in [9.17, 15) is 14.4 Å². The van der Waals surface area contributed by atoms with E-state index in [0.717, 1.165) is 35.9 Å². The van der Waals surface area contributed by atoms with Crippen LogP contribution in [-0.2, 0) is 19.8 Å². The van der Waals surface area contributed by atoms with Gasteiger partial charge in [0.1, 0.15) is 6.04 Å². The Morgan fingerprint density at radius 1 is 1.08 bits per heavy atom. The molecule has 2 atom stereocenters. The molecule has 206 valence electrons. The number of fused-ring (bicyclic) bond motifs is 3. The van der Waals surface area contributed by atoms with E-state index in [1.54, 1.807) is 7.05 Å². The zero-order chi connectivity index (χ0) is 27.6. The summed E-state index contributed by atoms with van der Waals surface area (Å²) in [5.74, 6) is 4.33. The molecule has 3 amide bonds. The van der Waals surface area contributed by atoms with Crippen LogP contribution in [-0.4, -0.2) is 78.4 Å². The number of amides is 3. The third-order valence-corrected chi connectivity index (χ3v) is 8.18. The number of hydrazine groups is 1. The maximum Gasteiger partial charge on any atom is 0.245 e. The van der Waals surface area contributed by atoms with Gasteiger partial charge in [-0.25, -0.2) is 5.01 Å². The van der Waals surface area contributed by atoms with Crippen LogP contribution in [0.1, 0.15) is 36.8 Å². The number of benzene rings is 2. The van der Waals surface area contributed by atoms with Crippen LogP contribution in [0, 0.1) is 0 Å². The average molecular weight is 532 g/mol. The second-order valence-electron chi connectivity index (χ2n) is 10.8. The van der Waals surface area contributed by atoms with Crippen molar-refractivity contribution in [2.24, 2.45) is 5.84 Å². The van der Waals surface area contributed by atoms with Crippen LogP contribution in [0.3, 0.4) is 0 Å². The second kappa shape index (κ2) is 11.1. The first-order valence-electron chi connectivity index (χ1n) is 13.5. The number of para-hydroxylation sites is 2. The van der Waals surface area contributed by atoms with Crippen LogP contribution in [0.15, 0.2) is 54.7 Å². The van der Waals surface area contributed by atoms with Crippen molar-refractivity contribution in [1.29, 1.82) is 0 Å². The third-order valence-electron chi connectivity index (χ3n) is 8.18. The number of hydrogen-bond donors (Lipinski definition) is 5. The fourth-order valence-electron chi connectivity index (χ4n) is 5.99. The lowest BCUT2D eigenvalue weighted by Crippen LogP contribution is -2.56. The van der Waals surface area contributed by atoms with Gasteiger partial charge in [0.15, 0.2) is 0 Å². The summed E-state index contributed by atoms with van der Waals surface area (Å²) in [7, 11) is 1.57. The number of hydrogen-bond acceptors (Lipinski definition) is 6. The molecule has 6 N–H and O–H groups in total. The Morgan fingerprint density at radius 3 is 2.56 bits per heavy atom. The quantitative estimate of drug-likeness (QED) is 0.222. The summed E-state index contributed by atoms with van der Waals surface area (Å²) in [6.45, 7) is 3.79. The predicted molar refractivity (Wildman–Crippen MR) is 151 cm³/mol. The average Bonchev–Trinajstić information content (AvgIpc) is 3.52. The molecule has 1 saturated heterocycles. The van der Waals surface area contributed by atoms with Crippen LogP contribution in [0.25, 0.3) is 10.9 Å². The molecule has 3 heterocycles. The van der Waals surface area contributed by atoms with E-state index >= 15 is 0 Å². The highest BCUT2D eigenvalue weighted by molar-refractivity contribution is 5.92. The Bertz CT molecular complexity index is 1360. The molecule has 0 radical (unpaired) electrons. The van der Waals surface area contributed by atoms with E-state index < -0.39 is 11.9 Å². The van der Waals surface area contributed by atoms with Crippen LogP contribution in [0.5, 0.6) is 0 Å². The van der Waals surface area contributed by atoms with Gasteiger partial charge < -0.3 is 25.8 Å². The van der Waals surface area contributed by atoms with Crippen molar-refractivity contribution >= 4 is 34.3 Å². The number of nitrogens with two attached hydrogens (primary N) is 1. The van der Waals surface area contributed by atoms with E-state index in [-0.39, 0.29) is 36.2 Å². The lowest BCUT2D eigenvalue weighted by atomic mass is 9.74. The minimum Gasteiger partial charge on any atom is -0.384 e. The van der Waals surface area contributed by atoms with Crippen molar-refractivity contribution in [3.8, 4) is 0 Å². The number of nitrogens with one attached hydrogen (secondary N) is 4. The molecule has 0 aliphatic carbocycles. The van der Waals surface area contributed by atoms with Gasteiger partial charge in [-0.1, -0.05) is 43.3 Å². The van der Waals surface area contributed by atoms with E-state index in [1.807, 2.05) is 48.4 Å². The van der Waals surface area contributed by atoms with Gasteiger partial charge in [-0.05, 0) is 36.1 Å². The molecule has 39 heavy (non-hydrogen) atoms. The first-order valence-corrected chi connectivity index (χ1v) is 13.5. The molecule has 3 aromatic rings. The molecular formula is C29H37N7O3. The Kier molecular flexibility index (Phi) is 7.58. The zero-order valence-electron chi connectivity index (χ0n) is 22.5. The molecule has 2 unspecified atom stereocenters. The smallest absolute Gasteiger partial charge is 0.245 e. The van der Waals surface area contributed by atoms with Gasteiger partial charge in [-0.2, -0.15) is 0 Å². The summed E-state index contributed by atoms with van der Waals surface area (Å²) in [6.07, 6.45) is 3.62. The van der Waals surface area contributed by atoms with Crippen molar-refractivity contribution in [3.05, 3.63) is 65.9 Å². The van der Waals surface area contributed by atoms with E-state index in [4.69, 9.17) is 5.84 Å². The Hall–Kier alpha value is -3.89. The van der Waals surface area contributed by atoms with Gasteiger partial charge in [0.05, 0.1) is 13.1 Å². The van der Waals surface area contributed by atoms with Crippen molar-refractivity contribution in [1.82, 2.24) is 25.5 Å². The van der Waals surface area contributed by atoms with Crippen molar-refractivity contribution in [2.45, 2.75) is 37.1 Å². The fourth-order valence-corrected chi connectivity index (χ4v) is 5.99. The van der Waals surface area contributed by atoms with Gasteiger partial charge >= 0.3 is 0 Å². The molecule has 1 aromatic heterocycles. The summed E-state index contributed by atoms with van der Waals surface area (Å²) in [6, 6.07) is 15.5. The SMILES string of the molecule is CC(c1c[nH]c2ccccc12)C(NC(=O)CNC(=O)CN(C)N)C(=O)N1CCC2(CC1)CNc1ccccc12. The number of piperidine rings is 1. The van der Waals surface area contributed by atoms with Crippen LogP contribution >= 0.6 is 0 Å². The van der Waals surface area contributed by atoms with Crippen molar-refractivity contribution < 1.29 is 14.4 Å². The van der Waals surface area contributed by atoms with Gasteiger partial charge in [0, 0.05) is 60.8 Å². The zero-order valence-corrected chi connectivity index (χ0v) is 22.5. The Morgan fingerprint density at radius 2 is 1.79 bits per heavy atom. The molecule has 0 saturated carbocycles. The molecule has 0 bridgehead atoms. The Balaban J connectivity index is 1.33. The molecule has 1 spiro atoms. The Labute approximate surface area is 228 Å². The number of rotatable bonds is 8. The number of anilines is 1. The van der Waals surface area contributed by atoms with Crippen LogP contribution in [0.4, 0.5) is 5.69 Å². The largest absolute Gasteiger partial charge is 0.384 e. The van der Waals surface area contributed by atoms with Crippen LogP contribution in [0.2, 0.25) is 0 Å². The lowest BCUT2D eigenvalue weighted by Gasteiger charge is -2.41. The highest BCUT2D eigenvalue weighted by Gasteiger charge is 2.43. The topological polar surface area (TPSA) is 136 Å². The molecule has 10 nitrogen and oxygen atoms in total. The summed E-state index contributed by atoms with van der Waals surface area (Å²) in [5, 5.41) is 11.3. The van der Waals surface area contributed by atoms with Crippen molar-refractivity contribution in [3.63, 3.8) is 0 Å². The molecule has 2 aliphatic heterocycles. The van der Waals surface area contributed by atoms with Gasteiger partial charge in [-0.3, -0.25) is 20.2 Å². The minimum absolute atomic E-state index is 0.0228. The summed E-state index contributed by atoms with van der Waals surface area (Å²) < 4.78 is 0. The van der Waals surface area contributed by atoms with Crippen LogP contribution < -0.4 is 21.8 Å². The number of likely N-dealkylation sites (tertiary alicyclic amines) is 1. The number of carbonyl (C=O) groups is 3. The highest BCUT2D eigenvalue weighted by Crippen LogP contribution is 2.44. The highest BCUT2D eigenvalue weighted by atomic mass is 16.2. The molecule has 5 rings (SSSR count). The molecular weight excluding hydrogens is 494 g/mol. The third kappa shape index (κ3) is 5.48. The van der Waals surface area contributed by atoms with E-state index in [0.29, 0.717) is 13.1 Å². The molecule has 2 aromatic carbocycles. The lowest BCUT2D eigenvalue weighted by molar-refractivity contribution is -0.138. The standard InChI is InChI=1S/C29H37N7O3/c1-19(21-15-31-23-9-5-3-7-20(21)23)27(34-25(37)16-32-26(38)17-35(2)30)28(39)36-13-11-29(12-14-36)18-33-24-10-6-4-8-22(24)29/h3-10,15,19,27,31,33H,11-14,16-18,30H2,1-2H3,(H,32,38)(H,34,37). The monoisotopic (exact) mass is 531 g/mol.